The minimum atomic E-state index is -0.324. The third-order valence-corrected chi connectivity index (χ3v) is 4.49. The van der Waals surface area contributed by atoms with Crippen molar-refractivity contribution in [1.82, 2.24) is 0 Å². The first kappa shape index (κ1) is 15.7. The van der Waals surface area contributed by atoms with Gasteiger partial charge in [0.25, 0.3) is 0 Å². The average molecular weight is 361 g/mol. The molecule has 1 aromatic carbocycles. The van der Waals surface area contributed by atoms with E-state index in [1.807, 2.05) is 11.8 Å². The summed E-state index contributed by atoms with van der Waals surface area (Å²) in [4.78, 5) is 2.17. The molecular formula is C14H18BrFN2OS. The fourth-order valence-corrected chi connectivity index (χ4v) is 3.26. The summed E-state index contributed by atoms with van der Waals surface area (Å²) < 4.78 is 20.4. The van der Waals surface area contributed by atoms with Crippen LogP contribution >= 0.6 is 28.1 Å². The van der Waals surface area contributed by atoms with E-state index in [1.54, 1.807) is 12.1 Å². The number of nitrogens with zero attached hydrogens (tertiary/aromatic N) is 1. The molecule has 1 saturated heterocycles. The van der Waals surface area contributed by atoms with Crippen LogP contribution in [0, 0.1) is 5.82 Å². The molecule has 110 valence electrons. The molecule has 2 N–H and O–H groups in total. The van der Waals surface area contributed by atoms with Gasteiger partial charge in [0, 0.05) is 25.3 Å². The van der Waals surface area contributed by atoms with Gasteiger partial charge in [0.05, 0.1) is 16.3 Å². The minimum Gasteiger partial charge on any atom is -0.389 e. The summed E-state index contributed by atoms with van der Waals surface area (Å²) in [5, 5.41) is 0. The Kier molecular flexibility index (Phi) is 5.35. The summed E-state index contributed by atoms with van der Waals surface area (Å²) >= 11 is 8.15. The molecule has 0 amide bonds. The molecule has 20 heavy (non-hydrogen) atoms. The van der Waals surface area contributed by atoms with Gasteiger partial charge in [-0.25, -0.2) is 4.39 Å². The Labute approximate surface area is 132 Å². The number of hydrogen-bond acceptors (Lipinski definition) is 3. The van der Waals surface area contributed by atoms with Crippen molar-refractivity contribution in [3.8, 4) is 0 Å². The molecule has 1 unspecified atom stereocenters. The lowest BCUT2D eigenvalue weighted by Crippen LogP contribution is -2.32. The van der Waals surface area contributed by atoms with Crippen LogP contribution in [0.4, 0.5) is 10.1 Å². The number of rotatable bonds is 5. The summed E-state index contributed by atoms with van der Waals surface area (Å²) in [7, 11) is 0. The van der Waals surface area contributed by atoms with Gasteiger partial charge in [0.2, 0.25) is 0 Å². The van der Waals surface area contributed by atoms with Crippen LogP contribution in [0.2, 0.25) is 0 Å². The second-order valence-corrected chi connectivity index (χ2v) is 6.03. The quantitative estimate of drug-likeness (QED) is 0.818. The van der Waals surface area contributed by atoms with Crippen LogP contribution in [0.15, 0.2) is 16.6 Å². The molecule has 0 aromatic heterocycles. The molecule has 0 aliphatic carbocycles. The molecular weight excluding hydrogens is 343 g/mol. The molecule has 1 heterocycles. The van der Waals surface area contributed by atoms with E-state index >= 15 is 0 Å². The zero-order valence-corrected chi connectivity index (χ0v) is 13.8. The largest absolute Gasteiger partial charge is 0.389 e. The van der Waals surface area contributed by atoms with Crippen molar-refractivity contribution in [2.24, 2.45) is 5.73 Å². The zero-order valence-electron chi connectivity index (χ0n) is 11.4. The maximum atomic E-state index is 14.5. The van der Waals surface area contributed by atoms with Crippen molar-refractivity contribution >= 4 is 38.8 Å². The predicted octanol–water partition coefficient (Wildman–Crippen LogP) is 3.23. The van der Waals surface area contributed by atoms with Crippen molar-refractivity contribution < 1.29 is 9.13 Å². The number of nitrogens with two attached hydrogens (primary N) is 1. The number of thiocarbonyl (C=S) groups is 1. The van der Waals surface area contributed by atoms with Crippen molar-refractivity contribution in [3.05, 3.63) is 28.0 Å². The van der Waals surface area contributed by atoms with Gasteiger partial charge in [-0.3, -0.25) is 0 Å². The fraction of sp³-hybridized carbons (Fsp3) is 0.500. The Morgan fingerprint density at radius 2 is 2.35 bits per heavy atom. The lowest BCUT2D eigenvalue weighted by atomic mass is 10.1. The number of hydrogen-bond donors (Lipinski definition) is 1. The molecule has 3 nitrogen and oxygen atoms in total. The summed E-state index contributed by atoms with van der Waals surface area (Å²) in [5.41, 5.74) is 6.65. The Morgan fingerprint density at radius 3 is 2.90 bits per heavy atom. The SMILES string of the molecule is CCN(CC1CCCO1)c1ccc(C(N)=S)c(Br)c1F. The highest BCUT2D eigenvalue weighted by molar-refractivity contribution is 9.10. The second kappa shape index (κ2) is 6.83. The van der Waals surface area contributed by atoms with Crippen LogP contribution < -0.4 is 10.6 Å². The van der Waals surface area contributed by atoms with E-state index in [0.29, 0.717) is 22.3 Å². The van der Waals surface area contributed by atoms with Crippen LogP contribution in [0.25, 0.3) is 0 Å². The monoisotopic (exact) mass is 360 g/mol. The normalized spacial score (nSPS) is 18.2. The third-order valence-electron chi connectivity index (χ3n) is 3.50. The average Bonchev–Trinajstić information content (AvgIpc) is 2.92. The van der Waals surface area contributed by atoms with Crippen molar-refractivity contribution in [2.45, 2.75) is 25.9 Å². The predicted molar refractivity (Wildman–Crippen MR) is 86.8 cm³/mol. The molecule has 1 fully saturated rings. The van der Waals surface area contributed by atoms with Gasteiger partial charge < -0.3 is 15.4 Å². The molecule has 0 radical (unpaired) electrons. The van der Waals surface area contributed by atoms with Gasteiger partial charge in [-0.05, 0) is 47.8 Å². The smallest absolute Gasteiger partial charge is 0.161 e. The first-order valence-electron chi connectivity index (χ1n) is 6.69. The van der Waals surface area contributed by atoms with Crippen LogP contribution in [0.5, 0.6) is 0 Å². The van der Waals surface area contributed by atoms with E-state index in [2.05, 4.69) is 15.9 Å². The molecule has 2 rings (SSSR count). The summed E-state index contributed by atoms with van der Waals surface area (Å²) in [6.07, 6.45) is 2.29. The zero-order chi connectivity index (χ0) is 14.7. The van der Waals surface area contributed by atoms with Crippen LogP contribution in [-0.2, 0) is 4.74 Å². The van der Waals surface area contributed by atoms with Gasteiger partial charge in [-0.15, -0.1) is 0 Å². The Bertz CT molecular complexity index is 506. The van der Waals surface area contributed by atoms with Gasteiger partial charge in [-0.1, -0.05) is 12.2 Å². The lowest BCUT2D eigenvalue weighted by Gasteiger charge is -2.27. The Balaban J connectivity index is 2.25. The number of ether oxygens (including phenoxy) is 1. The van der Waals surface area contributed by atoms with Gasteiger partial charge >= 0.3 is 0 Å². The van der Waals surface area contributed by atoms with E-state index in [4.69, 9.17) is 22.7 Å². The molecule has 1 aliphatic rings. The molecule has 0 spiro atoms. The second-order valence-electron chi connectivity index (χ2n) is 4.80. The topological polar surface area (TPSA) is 38.5 Å². The number of likely N-dealkylation sites (N-methyl/N-ethyl adjacent to an activating group) is 1. The molecule has 0 saturated carbocycles. The summed E-state index contributed by atoms with van der Waals surface area (Å²) in [5.74, 6) is -0.324. The van der Waals surface area contributed by atoms with E-state index in [1.165, 1.54) is 0 Å². The molecule has 1 aromatic rings. The maximum Gasteiger partial charge on any atom is 0.161 e. The summed E-state index contributed by atoms with van der Waals surface area (Å²) in [6.45, 7) is 4.22. The number of anilines is 1. The van der Waals surface area contributed by atoms with E-state index in [0.717, 1.165) is 26.0 Å². The van der Waals surface area contributed by atoms with Crippen LogP contribution in [0.1, 0.15) is 25.3 Å². The lowest BCUT2D eigenvalue weighted by molar-refractivity contribution is 0.115. The molecule has 1 atom stereocenters. The minimum absolute atomic E-state index is 0.184. The summed E-state index contributed by atoms with van der Waals surface area (Å²) in [6, 6.07) is 3.48. The first-order valence-corrected chi connectivity index (χ1v) is 7.89. The number of benzene rings is 1. The Hall–Kier alpha value is -0.720. The molecule has 6 heteroatoms. The van der Waals surface area contributed by atoms with Crippen molar-refractivity contribution in [3.63, 3.8) is 0 Å². The van der Waals surface area contributed by atoms with Crippen LogP contribution in [0.3, 0.4) is 0 Å². The van der Waals surface area contributed by atoms with Gasteiger partial charge in [-0.2, -0.15) is 0 Å². The van der Waals surface area contributed by atoms with E-state index in [-0.39, 0.29) is 16.9 Å². The van der Waals surface area contributed by atoms with Crippen LogP contribution in [-0.4, -0.2) is 30.8 Å². The number of halogens is 2. The highest BCUT2D eigenvalue weighted by Crippen LogP contribution is 2.30. The van der Waals surface area contributed by atoms with Gasteiger partial charge in [0.1, 0.15) is 4.99 Å². The van der Waals surface area contributed by atoms with E-state index < -0.39 is 0 Å². The standard InChI is InChI=1S/C14H18BrFN2OS/c1-2-18(8-9-4-3-7-19-9)11-6-5-10(14(17)20)12(15)13(11)16/h5-6,9H,2-4,7-8H2,1H3,(H2,17,20). The first-order chi connectivity index (χ1) is 9.54. The van der Waals surface area contributed by atoms with Gasteiger partial charge in [0.15, 0.2) is 5.82 Å². The third kappa shape index (κ3) is 3.30. The van der Waals surface area contributed by atoms with Crippen molar-refractivity contribution in [1.29, 1.82) is 0 Å². The van der Waals surface area contributed by atoms with Crippen molar-refractivity contribution in [2.75, 3.05) is 24.6 Å². The Morgan fingerprint density at radius 1 is 1.60 bits per heavy atom. The molecule has 1 aliphatic heterocycles. The molecule has 0 bridgehead atoms. The van der Waals surface area contributed by atoms with E-state index in [9.17, 15) is 4.39 Å². The highest BCUT2D eigenvalue weighted by atomic mass is 79.9. The highest BCUT2D eigenvalue weighted by Gasteiger charge is 2.22. The maximum absolute atomic E-state index is 14.5. The fourth-order valence-electron chi connectivity index (χ4n) is 2.41.